The Morgan fingerprint density at radius 3 is 2.29 bits per heavy atom. The van der Waals surface area contributed by atoms with Crippen molar-refractivity contribution in [2.75, 3.05) is 6.61 Å². The zero-order valence-electron chi connectivity index (χ0n) is 18.3. The van der Waals surface area contributed by atoms with Gasteiger partial charge in [0.2, 0.25) is 0 Å². The van der Waals surface area contributed by atoms with Crippen LogP contribution in [0.15, 0.2) is 42.5 Å². The van der Waals surface area contributed by atoms with Crippen molar-refractivity contribution in [3.63, 3.8) is 0 Å². The molecule has 0 saturated carbocycles. The molecule has 1 aromatic rings. The molecule has 0 bridgehead atoms. The van der Waals surface area contributed by atoms with E-state index < -0.39 is 0 Å². The van der Waals surface area contributed by atoms with Crippen molar-refractivity contribution >= 4 is 5.78 Å². The van der Waals surface area contributed by atoms with Crippen molar-refractivity contribution in [1.29, 1.82) is 0 Å². The highest BCUT2D eigenvalue weighted by Crippen LogP contribution is 2.13. The molecule has 0 aliphatic heterocycles. The quantitative estimate of drug-likeness (QED) is 0.193. The third-order valence-electron chi connectivity index (χ3n) is 5.14. The topological polar surface area (TPSA) is 26.3 Å². The van der Waals surface area contributed by atoms with Gasteiger partial charge < -0.3 is 4.74 Å². The van der Waals surface area contributed by atoms with E-state index in [9.17, 15) is 4.79 Å². The van der Waals surface area contributed by atoms with Gasteiger partial charge >= 0.3 is 0 Å². The van der Waals surface area contributed by atoms with E-state index in [1.54, 1.807) is 0 Å². The normalized spacial score (nSPS) is 12.5. The van der Waals surface area contributed by atoms with Crippen LogP contribution in [0, 0.1) is 0 Å². The summed E-state index contributed by atoms with van der Waals surface area (Å²) in [6.07, 6.45) is 20.0. The van der Waals surface area contributed by atoms with Gasteiger partial charge in [-0.1, -0.05) is 108 Å². The number of benzene rings is 1. The van der Waals surface area contributed by atoms with Gasteiger partial charge in [0, 0.05) is 6.42 Å². The summed E-state index contributed by atoms with van der Waals surface area (Å²) in [4.78, 5) is 12.3. The number of ketones is 1. The zero-order valence-corrected chi connectivity index (χ0v) is 18.3. The highest BCUT2D eigenvalue weighted by molar-refractivity contribution is 5.82. The summed E-state index contributed by atoms with van der Waals surface area (Å²) in [5.74, 6) is 0.171. The Morgan fingerprint density at radius 2 is 1.57 bits per heavy atom. The number of carbonyl (C=O) groups excluding carboxylic acids is 1. The van der Waals surface area contributed by atoms with E-state index in [1.807, 2.05) is 30.3 Å². The molecule has 2 nitrogen and oxygen atoms in total. The van der Waals surface area contributed by atoms with Crippen LogP contribution in [0.4, 0.5) is 0 Å². The zero-order chi connectivity index (χ0) is 20.3. The average Bonchev–Trinajstić information content (AvgIpc) is 2.71. The Morgan fingerprint density at radius 1 is 0.893 bits per heavy atom. The fourth-order valence-electron chi connectivity index (χ4n) is 3.38. The van der Waals surface area contributed by atoms with Gasteiger partial charge in [-0.3, -0.25) is 4.79 Å². The fraction of sp³-hybridized carbons (Fsp3) is 0.654. The molecule has 0 N–H and O–H groups in total. The maximum Gasteiger partial charge on any atom is 0.162 e. The number of Topliss-reactive ketones (excluding diaryl/α,β-unsaturated/α-hetero) is 1. The van der Waals surface area contributed by atoms with E-state index in [-0.39, 0.29) is 18.5 Å². The Hall–Kier alpha value is -1.41. The van der Waals surface area contributed by atoms with Crippen LogP contribution in [0.2, 0.25) is 0 Å². The first-order valence-electron chi connectivity index (χ1n) is 11.6. The van der Waals surface area contributed by atoms with Crippen LogP contribution in [0.25, 0.3) is 0 Å². The van der Waals surface area contributed by atoms with E-state index >= 15 is 0 Å². The molecule has 0 heterocycles. The van der Waals surface area contributed by atoms with E-state index in [2.05, 4.69) is 26.0 Å². The van der Waals surface area contributed by atoms with Gasteiger partial charge in [-0.2, -0.15) is 0 Å². The molecule has 28 heavy (non-hydrogen) atoms. The molecule has 1 aromatic carbocycles. The number of hydrogen-bond acceptors (Lipinski definition) is 2. The van der Waals surface area contributed by atoms with Crippen LogP contribution in [-0.2, 0) is 16.0 Å². The molecular formula is C26H42O2. The smallest absolute Gasteiger partial charge is 0.162 e. The lowest BCUT2D eigenvalue weighted by molar-refractivity contribution is -0.125. The SMILES string of the molecule is CCCCCCC/C=C\C[C@@H](CCCCCC)OCC(=O)Cc1ccccc1. The Bertz CT molecular complexity index is 506. The lowest BCUT2D eigenvalue weighted by atomic mass is 10.1. The van der Waals surface area contributed by atoms with Crippen molar-refractivity contribution < 1.29 is 9.53 Å². The van der Waals surface area contributed by atoms with Gasteiger partial charge in [0.05, 0.1) is 6.10 Å². The summed E-state index contributed by atoms with van der Waals surface area (Å²) < 4.78 is 6.02. The van der Waals surface area contributed by atoms with Crippen molar-refractivity contribution in [3.05, 3.63) is 48.0 Å². The predicted octanol–water partition coefficient (Wildman–Crippen LogP) is 7.46. The second-order valence-electron chi connectivity index (χ2n) is 7.89. The maximum atomic E-state index is 12.3. The van der Waals surface area contributed by atoms with Crippen LogP contribution in [0.5, 0.6) is 0 Å². The second kappa shape index (κ2) is 17.7. The molecule has 0 aromatic heterocycles. The van der Waals surface area contributed by atoms with Gasteiger partial charge in [0.25, 0.3) is 0 Å². The van der Waals surface area contributed by atoms with Crippen molar-refractivity contribution in [2.45, 2.75) is 103 Å². The van der Waals surface area contributed by atoms with Crippen molar-refractivity contribution in [2.24, 2.45) is 0 Å². The van der Waals surface area contributed by atoms with Crippen molar-refractivity contribution in [1.82, 2.24) is 0 Å². The van der Waals surface area contributed by atoms with Crippen LogP contribution >= 0.6 is 0 Å². The number of rotatable bonds is 18. The second-order valence-corrected chi connectivity index (χ2v) is 7.89. The molecule has 1 atom stereocenters. The molecule has 0 aliphatic carbocycles. The molecule has 0 unspecified atom stereocenters. The largest absolute Gasteiger partial charge is 0.370 e. The fourth-order valence-corrected chi connectivity index (χ4v) is 3.38. The molecule has 0 fully saturated rings. The van der Waals surface area contributed by atoms with E-state index in [0.29, 0.717) is 6.42 Å². The molecule has 0 spiro atoms. The maximum absolute atomic E-state index is 12.3. The summed E-state index contributed by atoms with van der Waals surface area (Å²) in [7, 11) is 0. The summed E-state index contributed by atoms with van der Waals surface area (Å²) >= 11 is 0. The molecule has 0 radical (unpaired) electrons. The van der Waals surface area contributed by atoms with Gasteiger partial charge in [-0.05, 0) is 31.2 Å². The van der Waals surface area contributed by atoms with Crippen molar-refractivity contribution in [3.8, 4) is 0 Å². The molecule has 2 heteroatoms. The standard InChI is InChI=1S/C26H42O2/c1-3-5-7-9-10-11-12-17-21-26(20-16-8-6-4-2)28-23-25(27)22-24-18-14-13-15-19-24/h12-15,17-19,26H,3-11,16,20-23H2,1-2H3/b17-12-/t26-/m1/s1. The molecular weight excluding hydrogens is 344 g/mol. The Labute approximate surface area is 173 Å². The predicted molar refractivity (Wildman–Crippen MR) is 121 cm³/mol. The van der Waals surface area contributed by atoms with Gasteiger partial charge in [0.1, 0.15) is 6.61 Å². The highest BCUT2D eigenvalue weighted by atomic mass is 16.5. The Balaban J connectivity index is 2.31. The lowest BCUT2D eigenvalue weighted by Crippen LogP contribution is -2.19. The third kappa shape index (κ3) is 13.7. The first kappa shape index (κ1) is 24.6. The highest BCUT2D eigenvalue weighted by Gasteiger charge is 2.11. The number of allylic oxidation sites excluding steroid dienone is 1. The van der Waals surface area contributed by atoms with Gasteiger partial charge in [0.15, 0.2) is 5.78 Å². The van der Waals surface area contributed by atoms with Crippen LogP contribution in [-0.4, -0.2) is 18.5 Å². The summed E-state index contributed by atoms with van der Waals surface area (Å²) in [6, 6.07) is 9.94. The average molecular weight is 387 g/mol. The van der Waals surface area contributed by atoms with Crippen LogP contribution < -0.4 is 0 Å². The number of carbonyl (C=O) groups is 1. The minimum absolute atomic E-state index is 0.171. The first-order chi connectivity index (χ1) is 13.8. The van der Waals surface area contributed by atoms with E-state index in [1.165, 1.54) is 64.2 Å². The number of ether oxygens (including phenoxy) is 1. The summed E-state index contributed by atoms with van der Waals surface area (Å²) in [5, 5.41) is 0. The number of hydrogen-bond donors (Lipinski definition) is 0. The van der Waals surface area contributed by atoms with E-state index in [0.717, 1.165) is 18.4 Å². The number of unbranched alkanes of at least 4 members (excludes halogenated alkanes) is 8. The van der Waals surface area contributed by atoms with Crippen LogP contribution in [0.3, 0.4) is 0 Å². The molecule has 158 valence electrons. The Kier molecular flexibility index (Phi) is 15.5. The first-order valence-corrected chi connectivity index (χ1v) is 11.6. The van der Waals surface area contributed by atoms with E-state index in [4.69, 9.17) is 4.74 Å². The molecule has 0 amide bonds. The third-order valence-corrected chi connectivity index (χ3v) is 5.14. The van der Waals surface area contributed by atoms with Gasteiger partial charge in [-0.15, -0.1) is 0 Å². The van der Waals surface area contributed by atoms with Crippen LogP contribution in [0.1, 0.15) is 96.5 Å². The summed E-state index contributed by atoms with van der Waals surface area (Å²) in [5.41, 5.74) is 1.07. The minimum Gasteiger partial charge on any atom is -0.370 e. The molecule has 0 saturated heterocycles. The molecule has 1 rings (SSSR count). The summed E-state index contributed by atoms with van der Waals surface area (Å²) in [6.45, 7) is 4.73. The monoisotopic (exact) mass is 386 g/mol. The lowest BCUT2D eigenvalue weighted by Gasteiger charge is -2.16. The minimum atomic E-state index is 0.171. The molecule has 0 aliphatic rings. The van der Waals surface area contributed by atoms with Gasteiger partial charge in [-0.25, -0.2) is 0 Å².